The number of ether oxygens (including phenoxy) is 1. The number of fused-ring (bicyclic) bond motifs is 2. The summed E-state index contributed by atoms with van der Waals surface area (Å²) < 4.78 is 10.1. The maximum atomic E-state index is 13.3. The van der Waals surface area contributed by atoms with Crippen molar-refractivity contribution >= 4 is 28.7 Å². The van der Waals surface area contributed by atoms with Gasteiger partial charge >= 0.3 is 5.69 Å². The molecule has 1 fully saturated rings. The van der Waals surface area contributed by atoms with Gasteiger partial charge in [0.1, 0.15) is 5.75 Å². The fraction of sp³-hybridized carbons (Fsp3) is 0.480. The molecule has 190 valence electrons. The molecule has 36 heavy (non-hydrogen) atoms. The molecule has 11 nitrogen and oxygen atoms in total. The predicted molar refractivity (Wildman–Crippen MR) is 133 cm³/mol. The second-order valence-corrected chi connectivity index (χ2v) is 9.38. The van der Waals surface area contributed by atoms with Crippen molar-refractivity contribution in [2.75, 3.05) is 24.5 Å². The summed E-state index contributed by atoms with van der Waals surface area (Å²) in [6.07, 6.45) is 4.55. The Labute approximate surface area is 207 Å². The Kier molecular flexibility index (Phi) is 6.38. The van der Waals surface area contributed by atoms with Crippen LogP contribution in [0.4, 0.5) is 5.69 Å². The summed E-state index contributed by atoms with van der Waals surface area (Å²) in [7, 11) is 3.00. The molecule has 4 heterocycles. The average Bonchev–Trinajstić information content (AvgIpc) is 3.34. The maximum absolute atomic E-state index is 13.3. The van der Waals surface area contributed by atoms with Crippen LogP contribution in [0.1, 0.15) is 32.1 Å². The third kappa shape index (κ3) is 4.18. The predicted octanol–water partition coefficient (Wildman–Crippen LogP) is 1.02. The lowest BCUT2D eigenvalue weighted by molar-refractivity contribution is -0.139. The van der Waals surface area contributed by atoms with E-state index in [9.17, 15) is 19.2 Å². The Bertz CT molecular complexity index is 1430. The van der Waals surface area contributed by atoms with Gasteiger partial charge in [-0.1, -0.05) is 12.1 Å². The highest BCUT2D eigenvalue weighted by atomic mass is 16.5. The highest BCUT2D eigenvalue weighted by molar-refractivity contribution is 5.97. The molecule has 1 atom stereocenters. The molecular weight excluding hydrogens is 464 g/mol. The van der Waals surface area contributed by atoms with Crippen LogP contribution in [-0.4, -0.2) is 61.1 Å². The number of aryl methyl sites for hydroxylation is 2. The molecule has 0 N–H and O–H groups in total. The van der Waals surface area contributed by atoms with Gasteiger partial charge < -0.3 is 19.1 Å². The summed E-state index contributed by atoms with van der Waals surface area (Å²) in [5, 5.41) is 0. The average molecular weight is 495 g/mol. The number of anilines is 1. The van der Waals surface area contributed by atoms with Gasteiger partial charge in [0, 0.05) is 40.2 Å². The topological polar surface area (TPSA) is 112 Å². The van der Waals surface area contributed by atoms with E-state index in [4.69, 9.17) is 4.74 Å². The number of nitrogens with zero attached hydrogens (tertiary/aromatic N) is 6. The van der Waals surface area contributed by atoms with Crippen LogP contribution in [0.15, 0.2) is 40.2 Å². The summed E-state index contributed by atoms with van der Waals surface area (Å²) in [6.45, 7) is 2.00. The van der Waals surface area contributed by atoms with Crippen LogP contribution in [-0.2, 0) is 30.2 Å². The Morgan fingerprint density at radius 2 is 1.81 bits per heavy atom. The van der Waals surface area contributed by atoms with Crippen LogP contribution in [0, 0.1) is 0 Å². The summed E-state index contributed by atoms with van der Waals surface area (Å²) in [4.78, 5) is 59.0. The van der Waals surface area contributed by atoms with Crippen LogP contribution < -0.4 is 20.9 Å². The van der Waals surface area contributed by atoms with Crippen molar-refractivity contribution in [1.29, 1.82) is 0 Å². The van der Waals surface area contributed by atoms with E-state index in [0.717, 1.165) is 36.9 Å². The van der Waals surface area contributed by atoms with Gasteiger partial charge in [0.2, 0.25) is 5.91 Å². The third-order valence-electron chi connectivity index (χ3n) is 7.02. The van der Waals surface area contributed by atoms with Crippen LogP contribution in [0.3, 0.4) is 0 Å². The Balaban J connectivity index is 1.31. The molecule has 5 rings (SSSR count). The van der Waals surface area contributed by atoms with Crippen molar-refractivity contribution in [2.24, 2.45) is 14.1 Å². The number of hydrogen-bond acceptors (Lipinski definition) is 6. The van der Waals surface area contributed by atoms with Gasteiger partial charge in [-0.05, 0) is 37.8 Å². The first-order chi connectivity index (χ1) is 17.4. The van der Waals surface area contributed by atoms with Gasteiger partial charge in [0.15, 0.2) is 17.3 Å². The molecule has 11 heteroatoms. The molecule has 1 aromatic carbocycles. The maximum Gasteiger partial charge on any atom is 0.332 e. The Morgan fingerprint density at radius 3 is 2.58 bits per heavy atom. The van der Waals surface area contributed by atoms with E-state index in [-0.39, 0.29) is 24.8 Å². The zero-order valence-electron chi connectivity index (χ0n) is 20.6. The molecule has 2 aliphatic heterocycles. The minimum absolute atomic E-state index is 0.0756. The number of hydrogen-bond donors (Lipinski definition) is 0. The number of aromatic nitrogens is 4. The number of piperidine rings is 1. The largest absolute Gasteiger partial charge is 0.476 e. The zero-order chi connectivity index (χ0) is 25.4. The van der Waals surface area contributed by atoms with Crippen molar-refractivity contribution in [2.45, 2.75) is 44.8 Å². The van der Waals surface area contributed by atoms with Gasteiger partial charge in [0.25, 0.3) is 11.5 Å². The number of para-hydroxylation sites is 2. The van der Waals surface area contributed by atoms with Gasteiger partial charge in [-0.3, -0.25) is 23.5 Å². The van der Waals surface area contributed by atoms with Crippen LogP contribution in [0.5, 0.6) is 5.75 Å². The molecule has 2 aromatic heterocycles. The molecule has 0 saturated carbocycles. The van der Waals surface area contributed by atoms with Crippen molar-refractivity contribution < 1.29 is 14.3 Å². The summed E-state index contributed by atoms with van der Waals surface area (Å²) in [5.41, 5.74) is 0.444. The molecule has 0 radical (unpaired) electrons. The number of rotatable bonds is 5. The standard InChI is InChI=1S/C25H30N6O5/c1-27-22-21(24(34)28(2)25(27)35)30(16-26-22)14-8-11-20(32)31-15-19(23(33)29-12-6-3-7-13-29)36-18-10-5-4-9-17(18)31/h4-5,9-10,16,19H,3,6-8,11-15H2,1-2H3/t19-/m0/s1. The van der Waals surface area contributed by atoms with E-state index in [1.54, 1.807) is 22.6 Å². The lowest BCUT2D eigenvalue weighted by Gasteiger charge is -2.37. The number of carbonyl (C=O) groups excluding carboxylic acids is 2. The third-order valence-corrected chi connectivity index (χ3v) is 7.02. The quantitative estimate of drug-likeness (QED) is 0.524. The molecule has 0 unspecified atom stereocenters. The molecule has 2 amide bonds. The number of likely N-dealkylation sites (tertiary alicyclic amines) is 1. The van der Waals surface area contributed by atoms with E-state index in [2.05, 4.69) is 4.98 Å². The smallest absolute Gasteiger partial charge is 0.332 e. The van der Waals surface area contributed by atoms with Crippen LogP contribution in [0.25, 0.3) is 11.2 Å². The van der Waals surface area contributed by atoms with Crippen molar-refractivity contribution in [3.63, 3.8) is 0 Å². The second-order valence-electron chi connectivity index (χ2n) is 9.38. The molecule has 1 saturated heterocycles. The van der Waals surface area contributed by atoms with E-state index >= 15 is 0 Å². The molecular formula is C25H30N6O5. The minimum Gasteiger partial charge on any atom is -0.476 e. The van der Waals surface area contributed by atoms with Gasteiger partial charge in [0.05, 0.1) is 18.6 Å². The minimum atomic E-state index is -0.733. The molecule has 0 spiro atoms. The monoisotopic (exact) mass is 494 g/mol. The van der Waals surface area contributed by atoms with Crippen LogP contribution >= 0.6 is 0 Å². The summed E-state index contributed by atoms with van der Waals surface area (Å²) in [6, 6.07) is 7.27. The normalized spacial score (nSPS) is 17.7. The number of imidazole rings is 1. The van der Waals surface area contributed by atoms with E-state index in [1.807, 2.05) is 23.1 Å². The lowest BCUT2D eigenvalue weighted by atomic mass is 10.1. The number of carbonyl (C=O) groups is 2. The van der Waals surface area contributed by atoms with Crippen molar-refractivity contribution in [1.82, 2.24) is 23.6 Å². The first-order valence-electron chi connectivity index (χ1n) is 12.3. The highest BCUT2D eigenvalue weighted by Gasteiger charge is 2.36. The second kappa shape index (κ2) is 9.63. The van der Waals surface area contributed by atoms with E-state index in [0.29, 0.717) is 35.6 Å². The Hall–Kier alpha value is -3.89. The highest BCUT2D eigenvalue weighted by Crippen LogP contribution is 2.34. The van der Waals surface area contributed by atoms with Crippen molar-refractivity contribution in [3.05, 3.63) is 51.4 Å². The van der Waals surface area contributed by atoms with Crippen molar-refractivity contribution in [3.8, 4) is 5.75 Å². The van der Waals surface area contributed by atoms with E-state index in [1.165, 1.54) is 17.9 Å². The number of amides is 2. The molecule has 0 bridgehead atoms. The van der Waals surface area contributed by atoms with Gasteiger partial charge in [-0.15, -0.1) is 0 Å². The number of benzene rings is 1. The van der Waals surface area contributed by atoms with Crippen LogP contribution in [0.2, 0.25) is 0 Å². The first kappa shape index (κ1) is 23.8. The lowest BCUT2D eigenvalue weighted by Crippen LogP contribution is -2.52. The zero-order valence-corrected chi connectivity index (χ0v) is 20.6. The van der Waals surface area contributed by atoms with Gasteiger partial charge in [-0.2, -0.15) is 0 Å². The first-order valence-corrected chi connectivity index (χ1v) is 12.3. The fourth-order valence-electron chi connectivity index (χ4n) is 5.02. The summed E-state index contributed by atoms with van der Waals surface area (Å²) in [5.74, 6) is 0.331. The van der Waals surface area contributed by atoms with E-state index < -0.39 is 17.4 Å². The Morgan fingerprint density at radius 1 is 1.06 bits per heavy atom. The molecule has 0 aliphatic carbocycles. The van der Waals surface area contributed by atoms with Gasteiger partial charge in [-0.25, -0.2) is 9.78 Å². The molecule has 3 aromatic rings. The summed E-state index contributed by atoms with van der Waals surface area (Å²) >= 11 is 0. The molecule has 2 aliphatic rings. The SMILES string of the molecule is Cn1c(=O)c2c(ncn2CCCC(=O)N2C[C@@H](C(=O)N3CCCCC3)Oc3ccccc32)n(C)c1=O. The fourth-order valence-corrected chi connectivity index (χ4v) is 5.02.